The van der Waals surface area contributed by atoms with Crippen LogP contribution in [0.4, 0.5) is 0 Å². The molecule has 120 valence electrons. The molecule has 2 atom stereocenters. The highest BCUT2D eigenvalue weighted by atomic mass is 16.2. The molecule has 1 aromatic carbocycles. The van der Waals surface area contributed by atoms with Crippen molar-refractivity contribution in [2.75, 3.05) is 6.54 Å². The van der Waals surface area contributed by atoms with Gasteiger partial charge in [-0.1, -0.05) is 30.3 Å². The number of hydrogen-bond acceptors (Lipinski definition) is 2. The molecule has 0 saturated heterocycles. The van der Waals surface area contributed by atoms with Gasteiger partial charge in [-0.25, -0.2) is 0 Å². The molecule has 1 aliphatic rings. The Morgan fingerprint density at radius 2 is 1.73 bits per heavy atom. The van der Waals surface area contributed by atoms with Gasteiger partial charge in [0, 0.05) is 12.1 Å². The van der Waals surface area contributed by atoms with Crippen molar-refractivity contribution in [3.63, 3.8) is 0 Å². The summed E-state index contributed by atoms with van der Waals surface area (Å²) >= 11 is 0. The summed E-state index contributed by atoms with van der Waals surface area (Å²) in [6, 6.07) is 10.2. The minimum Gasteiger partial charge on any atom is -0.356 e. The van der Waals surface area contributed by atoms with Gasteiger partial charge in [0.2, 0.25) is 11.8 Å². The normalized spacial score (nSPS) is 20.3. The largest absolute Gasteiger partial charge is 0.356 e. The molecule has 4 nitrogen and oxygen atoms in total. The van der Waals surface area contributed by atoms with Crippen molar-refractivity contribution in [3.8, 4) is 0 Å². The van der Waals surface area contributed by atoms with Gasteiger partial charge in [0.15, 0.2) is 0 Å². The fourth-order valence-electron chi connectivity index (χ4n) is 2.52. The molecule has 2 rings (SSSR count). The van der Waals surface area contributed by atoms with E-state index in [1.54, 1.807) is 0 Å². The number of hydrogen-bond donors (Lipinski definition) is 2. The van der Waals surface area contributed by atoms with Gasteiger partial charge >= 0.3 is 0 Å². The average molecular weight is 302 g/mol. The minimum absolute atomic E-state index is 0.00284. The molecule has 2 amide bonds. The molecular formula is C18H26N2O2. The maximum Gasteiger partial charge on any atom is 0.224 e. The standard InChI is InChI=1S/C18H26N2O2/c1-18(2,3)20-17(22)15-12-14(15)16(21)19-11-7-10-13-8-5-4-6-9-13/h4-6,8-9,14-15H,7,10-12H2,1-3H3,(H,19,21)(H,20,22). The van der Waals surface area contributed by atoms with Crippen LogP contribution in [0.25, 0.3) is 0 Å². The molecule has 1 saturated carbocycles. The van der Waals surface area contributed by atoms with Crippen LogP contribution in [0.15, 0.2) is 30.3 Å². The lowest BCUT2D eigenvalue weighted by molar-refractivity contribution is -0.128. The highest BCUT2D eigenvalue weighted by Crippen LogP contribution is 2.39. The Balaban J connectivity index is 1.64. The fraction of sp³-hybridized carbons (Fsp3) is 0.556. The van der Waals surface area contributed by atoms with E-state index < -0.39 is 0 Å². The van der Waals surface area contributed by atoms with Crippen LogP contribution in [0.2, 0.25) is 0 Å². The lowest BCUT2D eigenvalue weighted by Crippen LogP contribution is -2.42. The van der Waals surface area contributed by atoms with E-state index in [9.17, 15) is 9.59 Å². The van der Waals surface area contributed by atoms with Crippen LogP contribution < -0.4 is 10.6 Å². The van der Waals surface area contributed by atoms with Crippen LogP contribution in [0.1, 0.15) is 39.2 Å². The van der Waals surface area contributed by atoms with E-state index in [0.29, 0.717) is 13.0 Å². The van der Waals surface area contributed by atoms with Gasteiger partial charge in [-0.3, -0.25) is 9.59 Å². The monoisotopic (exact) mass is 302 g/mol. The first-order valence-electron chi connectivity index (χ1n) is 8.00. The number of rotatable bonds is 6. The summed E-state index contributed by atoms with van der Waals surface area (Å²) in [5, 5.41) is 5.88. The number of carbonyl (C=O) groups is 2. The number of nitrogens with one attached hydrogen (secondary N) is 2. The first-order valence-corrected chi connectivity index (χ1v) is 8.00. The lowest BCUT2D eigenvalue weighted by atomic mass is 10.1. The second-order valence-corrected chi connectivity index (χ2v) is 7.07. The number of amides is 2. The summed E-state index contributed by atoms with van der Waals surface area (Å²) in [6.45, 7) is 6.52. The molecule has 1 aliphatic carbocycles. The first-order chi connectivity index (χ1) is 10.4. The van der Waals surface area contributed by atoms with Crippen LogP contribution in [0, 0.1) is 11.8 Å². The van der Waals surface area contributed by atoms with Gasteiger partial charge in [-0.15, -0.1) is 0 Å². The fourth-order valence-corrected chi connectivity index (χ4v) is 2.52. The van der Waals surface area contributed by atoms with Gasteiger partial charge in [0.1, 0.15) is 0 Å². The van der Waals surface area contributed by atoms with Crippen molar-refractivity contribution >= 4 is 11.8 Å². The molecule has 0 radical (unpaired) electrons. The SMILES string of the molecule is CC(C)(C)NC(=O)C1CC1C(=O)NCCCc1ccccc1. The Morgan fingerprint density at radius 3 is 2.36 bits per heavy atom. The molecule has 0 heterocycles. The molecule has 2 unspecified atom stereocenters. The molecular weight excluding hydrogens is 276 g/mol. The highest BCUT2D eigenvalue weighted by Gasteiger charge is 2.48. The summed E-state index contributed by atoms with van der Waals surface area (Å²) in [5.74, 6) is -0.272. The smallest absolute Gasteiger partial charge is 0.224 e. The topological polar surface area (TPSA) is 58.2 Å². The Kier molecular flexibility index (Phi) is 5.22. The summed E-state index contributed by atoms with van der Waals surface area (Å²) in [6.07, 6.45) is 2.55. The third-order valence-electron chi connectivity index (χ3n) is 3.75. The highest BCUT2D eigenvalue weighted by molar-refractivity contribution is 5.92. The van der Waals surface area contributed by atoms with E-state index in [-0.39, 0.29) is 29.2 Å². The van der Waals surface area contributed by atoms with Crippen molar-refractivity contribution in [3.05, 3.63) is 35.9 Å². The number of carbonyl (C=O) groups excluding carboxylic acids is 2. The summed E-state index contributed by atoms with van der Waals surface area (Å²) in [7, 11) is 0. The van der Waals surface area contributed by atoms with Crippen molar-refractivity contribution in [1.82, 2.24) is 10.6 Å². The Bertz CT molecular complexity index is 520. The van der Waals surface area contributed by atoms with Gasteiger partial charge < -0.3 is 10.6 Å². The zero-order chi connectivity index (χ0) is 16.2. The zero-order valence-corrected chi connectivity index (χ0v) is 13.7. The first kappa shape index (κ1) is 16.5. The van der Waals surface area contributed by atoms with Crippen molar-refractivity contribution < 1.29 is 9.59 Å². The van der Waals surface area contributed by atoms with Gasteiger partial charge in [-0.2, -0.15) is 0 Å². The maximum atomic E-state index is 12.0. The summed E-state index contributed by atoms with van der Waals surface area (Å²) in [5.41, 5.74) is 1.04. The molecule has 1 fully saturated rings. The van der Waals surface area contributed by atoms with Crippen LogP contribution in [0.5, 0.6) is 0 Å². The molecule has 0 bridgehead atoms. The van der Waals surface area contributed by atoms with Crippen LogP contribution in [-0.4, -0.2) is 23.9 Å². The zero-order valence-electron chi connectivity index (χ0n) is 13.7. The Morgan fingerprint density at radius 1 is 1.09 bits per heavy atom. The molecule has 2 N–H and O–H groups in total. The Labute approximate surface area is 132 Å². The number of aryl methyl sites for hydroxylation is 1. The second kappa shape index (κ2) is 6.95. The average Bonchev–Trinajstić information content (AvgIpc) is 3.23. The van der Waals surface area contributed by atoms with Crippen LogP contribution in [0.3, 0.4) is 0 Å². The third kappa shape index (κ3) is 5.17. The van der Waals surface area contributed by atoms with E-state index in [1.807, 2.05) is 39.0 Å². The summed E-state index contributed by atoms with van der Waals surface area (Å²) < 4.78 is 0. The molecule has 0 aromatic heterocycles. The minimum atomic E-state index is -0.240. The summed E-state index contributed by atoms with van der Waals surface area (Å²) in [4.78, 5) is 24.0. The van der Waals surface area contributed by atoms with Gasteiger partial charge in [0.05, 0.1) is 11.8 Å². The quantitative estimate of drug-likeness (QED) is 0.792. The van der Waals surface area contributed by atoms with Gasteiger partial charge in [0.25, 0.3) is 0 Å². The van der Waals surface area contributed by atoms with Crippen molar-refractivity contribution in [2.45, 2.75) is 45.6 Å². The van der Waals surface area contributed by atoms with Gasteiger partial charge in [-0.05, 0) is 45.6 Å². The molecule has 4 heteroatoms. The van der Waals surface area contributed by atoms with Crippen molar-refractivity contribution in [1.29, 1.82) is 0 Å². The second-order valence-electron chi connectivity index (χ2n) is 7.07. The van der Waals surface area contributed by atoms with E-state index in [1.165, 1.54) is 5.56 Å². The third-order valence-corrected chi connectivity index (χ3v) is 3.75. The molecule has 22 heavy (non-hydrogen) atoms. The van der Waals surface area contributed by atoms with E-state index in [2.05, 4.69) is 22.8 Å². The molecule has 1 aromatic rings. The Hall–Kier alpha value is -1.84. The van der Waals surface area contributed by atoms with E-state index in [0.717, 1.165) is 12.8 Å². The van der Waals surface area contributed by atoms with E-state index >= 15 is 0 Å². The van der Waals surface area contributed by atoms with E-state index in [4.69, 9.17) is 0 Å². The lowest BCUT2D eigenvalue weighted by Gasteiger charge is -2.20. The predicted octanol–water partition coefficient (Wildman–Crippen LogP) is 2.29. The van der Waals surface area contributed by atoms with Crippen molar-refractivity contribution in [2.24, 2.45) is 11.8 Å². The number of benzene rings is 1. The maximum absolute atomic E-state index is 12.0. The predicted molar refractivity (Wildman–Crippen MR) is 87.3 cm³/mol. The molecule has 0 spiro atoms. The molecule has 0 aliphatic heterocycles. The van der Waals surface area contributed by atoms with Crippen LogP contribution in [-0.2, 0) is 16.0 Å². The van der Waals surface area contributed by atoms with Crippen LogP contribution >= 0.6 is 0 Å².